The summed E-state index contributed by atoms with van der Waals surface area (Å²) < 4.78 is 41.4. The first kappa shape index (κ1) is 19.2. The summed E-state index contributed by atoms with van der Waals surface area (Å²) in [6, 6.07) is 5.10. The molecular weight excluding hydrogens is 403 g/mol. The molecule has 0 aliphatic carbocycles. The van der Waals surface area contributed by atoms with E-state index in [0.29, 0.717) is 15.7 Å². The van der Waals surface area contributed by atoms with Crippen molar-refractivity contribution in [2.24, 2.45) is 12.1 Å². The van der Waals surface area contributed by atoms with Crippen LogP contribution in [0.5, 0.6) is 5.75 Å². The fourth-order valence-corrected chi connectivity index (χ4v) is 2.77. The van der Waals surface area contributed by atoms with Crippen molar-refractivity contribution in [1.29, 1.82) is 0 Å². The number of hydrogen-bond donors (Lipinski definition) is 1. The van der Waals surface area contributed by atoms with Gasteiger partial charge in [-0.05, 0) is 34.8 Å². The van der Waals surface area contributed by atoms with Gasteiger partial charge >= 0.3 is 12.2 Å². The van der Waals surface area contributed by atoms with Crippen molar-refractivity contribution in [3.63, 3.8) is 0 Å². The van der Waals surface area contributed by atoms with E-state index in [-0.39, 0.29) is 17.4 Å². The number of ether oxygens (including phenoxy) is 1. The zero-order chi connectivity index (χ0) is 20.3. The van der Waals surface area contributed by atoms with Gasteiger partial charge in [-0.1, -0.05) is 11.3 Å². The standard InChI is InChI=1S/C14H10F3N7O3S/c1-23-10(24(25)26)7-18-11(23)12-20-22-13(28-12)21-19-6-8-2-4-9(5-3-8)27-14(15,16)17/h2-7H,1H3,(H,21,22)/b19-6-. The molecule has 0 bridgehead atoms. The van der Waals surface area contributed by atoms with Crippen LogP contribution < -0.4 is 10.2 Å². The average Bonchev–Trinajstić information content (AvgIpc) is 3.21. The van der Waals surface area contributed by atoms with Crippen LogP contribution in [0.25, 0.3) is 10.8 Å². The molecule has 0 amide bonds. The fourth-order valence-electron chi connectivity index (χ4n) is 2.05. The Morgan fingerprint density at radius 1 is 1.32 bits per heavy atom. The number of nitrogens with one attached hydrogen (secondary N) is 1. The molecule has 2 heterocycles. The Hall–Kier alpha value is -3.55. The minimum atomic E-state index is -4.75. The van der Waals surface area contributed by atoms with E-state index in [0.717, 1.165) is 29.7 Å². The summed E-state index contributed by atoms with van der Waals surface area (Å²) in [5.74, 6) is -0.243. The summed E-state index contributed by atoms with van der Waals surface area (Å²) in [6.07, 6.45) is -2.27. The van der Waals surface area contributed by atoms with Crippen LogP contribution in [0.1, 0.15) is 5.56 Å². The number of imidazole rings is 1. The van der Waals surface area contributed by atoms with Crippen molar-refractivity contribution < 1.29 is 22.8 Å². The lowest BCUT2D eigenvalue weighted by Crippen LogP contribution is -2.17. The number of hydrogen-bond acceptors (Lipinski definition) is 9. The number of halogens is 3. The molecule has 14 heteroatoms. The number of aromatic nitrogens is 4. The SMILES string of the molecule is Cn1c([N+](=O)[O-])cnc1-c1nnc(N/N=C\c2ccc(OC(F)(F)F)cc2)s1. The number of alkyl halides is 3. The van der Waals surface area contributed by atoms with E-state index in [9.17, 15) is 23.3 Å². The zero-order valence-corrected chi connectivity index (χ0v) is 14.7. The van der Waals surface area contributed by atoms with Crippen LogP contribution in [0.3, 0.4) is 0 Å². The van der Waals surface area contributed by atoms with Gasteiger partial charge in [0.15, 0.2) is 0 Å². The van der Waals surface area contributed by atoms with Gasteiger partial charge in [0.25, 0.3) is 5.82 Å². The number of nitrogens with zero attached hydrogens (tertiary/aromatic N) is 6. The molecule has 1 aromatic carbocycles. The van der Waals surface area contributed by atoms with Crippen molar-refractivity contribution >= 4 is 28.5 Å². The van der Waals surface area contributed by atoms with Gasteiger partial charge in [0.1, 0.15) is 11.9 Å². The Morgan fingerprint density at radius 2 is 2.04 bits per heavy atom. The average molecular weight is 413 g/mol. The molecule has 0 aliphatic rings. The Labute approximate surface area is 158 Å². The van der Waals surface area contributed by atoms with E-state index < -0.39 is 11.3 Å². The first-order valence-electron chi connectivity index (χ1n) is 7.38. The van der Waals surface area contributed by atoms with Gasteiger partial charge in [0, 0.05) is 0 Å². The predicted molar refractivity (Wildman–Crippen MR) is 93.1 cm³/mol. The lowest BCUT2D eigenvalue weighted by molar-refractivity contribution is -0.391. The second-order valence-electron chi connectivity index (χ2n) is 5.16. The van der Waals surface area contributed by atoms with Gasteiger partial charge in [-0.15, -0.1) is 23.4 Å². The molecule has 0 spiro atoms. The summed E-state index contributed by atoms with van der Waals surface area (Å²) in [7, 11) is 1.49. The molecule has 3 aromatic rings. The van der Waals surface area contributed by atoms with E-state index in [1.807, 2.05) is 0 Å². The largest absolute Gasteiger partial charge is 0.573 e. The molecule has 10 nitrogen and oxygen atoms in total. The van der Waals surface area contributed by atoms with Gasteiger partial charge < -0.3 is 14.9 Å². The molecule has 1 N–H and O–H groups in total. The molecule has 2 aromatic heterocycles. The first-order valence-corrected chi connectivity index (χ1v) is 8.19. The minimum absolute atomic E-state index is 0.185. The molecule has 0 atom stereocenters. The number of rotatable bonds is 6. The normalized spacial score (nSPS) is 11.7. The highest BCUT2D eigenvalue weighted by Gasteiger charge is 2.30. The number of benzene rings is 1. The van der Waals surface area contributed by atoms with Crippen LogP contribution >= 0.6 is 11.3 Å². The van der Waals surface area contributed by atoms with E-state index >= 15 is 0 Å². The van der Waals surface area contributed by atoms with Crippen molar-refractivity contribution in [2.45, 2.75) is 6.36 Å². The molecule has 3 rings (SSSR count). The summed E-state index contributed by atoms with van der Waals surface area (Å²) in [4.78, 5) is 14.2. The summed E-state index contributed by atoms with van der Waals surface area (Å²) >= 11 is 1.07. The monoisotopic (exact) mass is 413 g/mol. The maximum absolute atomic E-state index is 12.1. The summed E-state index contributed by atoms with van der Waals surface area (Å²) in [6.45, 7) is 0. The molecule has 0 saturated carbocycles. The Balaban J connectivity index is 1.64. The maximum Gasteiger partial charge on any atom is 0.573 e. The van der Waals surface area contributed by atoms with Crippen molar-refractivity contribution in [3.05, 3.63) is 46.1 Å². The van der Waals surface area contributed by atoms with E-state index in [2.05, 4.69) is 30.4 Å². The van der Waals surface area contributed by atoms with Crippen LogP contribution in [0.4, 0.5) is 24.1 Å². The summed E-state index contributed by atoms with van der Waals surface area (Å²) in [5.41, 5.74) is 3.14. The topological polar surface area (TPSA) is 120 Å². The highest BCUT2D eigenvalue weighted by Crippen LogP contribution is 2.27. The predicted octanol–water partition coefficient (Wildman–Crippen LogP) is 3.19. The Morgan fingerprint density at radius 3 is 2.64 bits per heavy atom. The minimum Gasteiger partial charge on any atom is -0.406 e. The van der Waals surface area contributed by atoms with Crippen molar-refractivity contribution in [2.75, 3.05) is 5.43 Å². The van der Waals surface area contributed by atoms with Gasteiger partial charge in [-0.2, -0.15) is 5.10 Å². The van der Waals surface area contributed by atoms with Gasteiger partial charge in [-0.3, -0.25) is 5.43 Å². The lowest BCUT2D eigenvalue weighted by Gasteiger charge is -2.08. The van der Waals surface area contributed by atoms with Crippen molar-refractivity contribution in [1.82, 2.24) is 19.7 Å². The van der Waals surface area contributed by atoms with Crippen LogP contribution in [-0.2, 0) is 7.05 Å². The second kappa shape index (κ2) is 7.59. The van der Waals surface area contributed by atoms with E-state index in [1.54, 1.807) is 0 Å². The third-order valence-electron chi connectivity index (χ3n) is 3.25. The fraction of sp³-hybridized carbons (Fsp3) is 0.143. The quantitative estimate of drug-likeness (QED) is 0.374. The van der Waals surface area contributed by atoms with Crippen LogP contribution in [0.15, 0.2) is 35.6 Å². The molecule has 0 fully saturated rings. The van der Waals surface area contributed by atoms with Crippen LogP contribution in [-0.4, -0.2) is 37.2 Å². The van der Waals surface area contributed by atoms with Gasteiger partial charge in [0.2, 0.25) is 10.1 Å². The zero-order valence-electron chi connectivity index (χ0n) is 13.9. The Bertz CT molecular complexity index is 1010. The molecule has 28 heavy (non-hydrogen) atoms. The third-order valence-corrected chi connectivity index (χ3v) is 4.08. The lowest BCUT2D eigenvalue weighted by atomic mass is 10.2. The number of hydrazone groups is 1. The summed E-state index contributed by atoms with van der Waals surface area (Å²) in [5, 5.41) is 23.2. The highest BCUT2D eigenvalue weighted by atomic mass is 32.1. The van der Waals surface area contributed by atoms with Gasteiger partial charge in [0.05, 0.1) is 13.3 Å². The van der Waals surface area contributed by atoms with Crippen LogP contribution in [0.2, 0.25) is 0 Å². The van der Waals surface area contributed by atoms with E-state index in [4.69, 9.17) is 0 Å². The number of nitro groups is 1. The third kappa shape index (κ3) is 4.59. The smallest absolute Gasteiger partial charge is 0.406 e. The van der Waals surface area contributed by atoms with Gasteiger partial charge in [-0.25, -0.2) is 9.55 Å². The first-order chi connectivity index (χ1) is 13.2. The Kier molecular flexibility index (Phi) is 5.21. The molecule has 0 unspecified atom stereocenters. The molecular formula is C14H10F3N7O3S. The second-order valence-corrected chi connectivity index (χ2v) is 6.13. The molecule has 146 valence electrons. The number of anilines is 1. The molecule has 0 radical (unpaired) electrons. The molecule has 0 saturated heterocycles. The van der Waals surface area contributed by atoms with E-state index in [1.165, 1.54) is 30.0 Å². The maximum atomic E-state index is 12.1. The van der Waals surface area contributed by atoms with Crippen molar-refractivity contribution in [3.8, 4) is 16.6 Å². The molecule has 0 aliphatic heterocycles. The van der Waals surface area contributed by atoms with Crippen LogP contribution in [0, 0.1) is 10.1 Å². The highest BCUT2D eigenvalue weighted by molar-refractivity contribution is 7.18.